The van der Waals surface area contributed by atoms with Crippen molar-refractivity contribution < 1.29 is 14.3 Å². The standard InChI is InChI=1S/C11H10ClNO3/c1-2-5-3-6-8(13)10(11(14)15)16-9(6)7(12)4-5/h3-4H,2,13H2,1H3,(H,14,15). The van der Waals surface area contributed by atoms with Crippen LogP contribution in [0.25, 0.3) is 11.0 Å². The van der Waals surface area contributed by atoms with E-state index in [9.17, 15) is 4.79 Å². The molecule has 16 heavy (non-hydrogen) atoms. The molecule has 0 amide bonds. The third-order valence-electron chi connectivity index (χ3n) is 2.44. The smallest absolute Gasteiger partial charge is 0.374 e. The molecule has 0 aliphatic heterocycles. The summed E-state index contributed by atoms with van der Waals surface area (Å²) in [5.41, 5.74) is 7.14. The highest BCUT2D eigenvalue weighted by molar-refractivity contribution is 6.35. The monoisotopic (exact) mass is 239 g/mol. The summed E-state index contributed by atoms with van der Waals surface area (Å²) in [6, 6.07) is 3.55. The van der Waals surface area contributed by atoms with Gasteiger partial charge in [0.25, 0.3) is 0 Å². The second-order valence-corrected chi connectivity index (χ2v) is 3.87. The molecule has 3 N–H and O–H groups in total. The van der Waals surface area contributed by atoms with E-state index < -0.39 is 5.97 Å². The minimum absolute atomic E-state index is 0.125. The number of hydrogen-bond donors (Lipinski definition) is 2. The summed E-state index contributed by atoms with van der Waals surface area (Å²) in [6.45, 7) is 1.98. The predicted octanol–water partition coefficient (Wildman–Crippen LogP) is 2.93. The van der Waals surface area contributed by atoms with Crippen molar-refractivity contribution in [3.05, 3.63) is 28.5 Å². The van der Waals surface area contributed by atoms with E-state index >= 15 is 0 Å². The van der Waals surface area contributed by atoms with Crippen LogP contribution in [-0.4, -0.2) is 11.1 Å². The van der Waals surface area contributed by atoms with Gasteiger partial charge in [0.2, 0.25) is 5.76 Å². The van der Waals surface area contributed by atoms with E-state index in [-0.39, 0.29) is 11.4 Å². The number of rotatable bonds is 2. The van der Waals surface area contributed by atoms with Gasteiger partial charge < -0.3 is 15.3 Å². The zero-order valence-corrected chi connectivity index (χ0v) is 9.34. The summed E-state index contributed by atoms with van der Waals surface area (Å²) < 4.78 is 5.13. The lowest BCUT2D eigenvalue weighted by atomic mass is 10.1. The van der Waals surface area contributed by atoms with E-state index in [1.807, 2.05) is 6.92 Å². The molecular weight excluding hydrogens is 230 g/mol. The average Bonchev–Trinajstić information content (AvgIpc) is 2.57. The Kier molecular flexibility index (Phi) is 2.52. The Bertz CT molecular complexity index is 574. The largest absolute Gasteiger partial charge is 0.475 e. The molecule has 5 heteroatoms. The van der Waals surface area contributed by atoms with Gasteiger partial charge >= 0.3 is 5.97 Å². The molecule has 0 bridgehead atoms. The van der Waals surface area contributed by atoms with Gasteiger partial charge in [0.05, 0.1) is 10.7 Å². The van der Waals surface area contributed by atoms with Gasteiger partial charge in [-0.3, -0.25) is 0 Å². The second kappa shape index (κ2) is 3.72. The summed E-state index contributed by atoms with van der Waals surface area (Å²) in [4.78, 5) is 10.8. The molecule has 1 aromatic heterocycles. The summed E-state index contributed by atoms with van der Waals surface area (Å²) in [5.74, 6) is -1.45. The molecule has 4 nitrogen and oxygen atoms in total. The summed E-state index contributed by atoms with van der Waals surface area (Å²) in [7, 11) is 0. The minimum Gasteiger partial charge on any atom is -0.475 e. The fourth-order valence-corrected chi connectivity index (χ4v) is 1.88. The Labute approximate surface area is 96.6 Å². The number of furan rings is 1. The van der Waals surface area contributed by atoms with Gasteiger partial charge in [-0.05, 0) is 24.1 Å². The summed E-state index contributed by atoms with van der Waals surface area (Å²) in [6.07, 6.45) is 0.794. The number of fused-ring (bicyclic) bond motifs is 1. The molecule has 2 rings (SSSR count). The van der Waals surface area contributed by atoms with Crippen LogP contribution in [0.15, 0.2) is 16.5 Å². The van der Waals surface area contributed by atoms with Crippen LogP contribution in [0, 0.1) is 0 Å². The molecule has 2 aromatic rings. The Morgan fingerprint density at radius 1 is 1.56 bits per heavy atom. The Morgan fingerprint density at radius 3 is 2.81 bits per heavy atom. The highest BCUT2D eigenvalue weighted by Crippen LogP contribution is 2.34. The highest BCUT2D eigenvalue weighted by atomic mass is 35.5. The van der Waals surface area contributed by atoms with E-state index in [2.05, 4.69) is 0 Å². The number of benzene rings is 1. The fourth-order valence-electron chi connectivity index (χ4n) is 1.60. The van der Waals surface area contributed by atoms with Crippen LogP contribution in [0.3, 0.4) is 0 Å². The number of anilines is 1. The first-order valence-electron chi connectivity index (χ1n) is 4.78. The van der Waals surface area contributed by atoms with Crippen LogP contribution >= 0.6 is 11.6 Å². The molecule has 0 saturated heterocycles. The van der Waals surface area contributed by atoms with E-state index in [4.69, 9.17) is 26.9 Å². The zero-order chi connectivity index (χ0) is 11.9. The lowest BCUT2D eigenvalue weighted by molar-refractivity contribution is 0.0666. The first kappa shape index (κ1) is 10.8. The normalized spacial score (nSPS) is 10.9. The summed E-state index contributed by atoms with van der Waals surface area (Å²) in [5, 5.41) is 9.81. The van der Waals surface area contributed by atoms with Gasteiger partial charge in [-0.2, -0.15) is 0 Å². The van der Waals surface area contributed by atoms with Gasteiger partial charge in [-0.15, -0.1) is 0 Å². The van der Waals surface area contributed by atoms with E-state index in [0.29, 0.717) is 16.0 Å². The predicted molar refractivity (Wildman–Crippen MR) is 62.0 cm³/mol. The number of carboxylic acids is 1. The van der Waals surface area contributed by atoms with E-state index in [0.717, 1.165) is 12.0 Å². The fraction of sp³-hybridized carbons (Fsp3) is 0.182. The lowest BCUT2D eigenvalue weighted by Gasteiger charge is -1.98. The maximum Gasteiger partial charge on any atom is 0.374 e. The van der Waals surface area contributed by atoms with E-state index in [1.54, 1.807) is 12.1 Å². The van der Waals surface area contributed by atoms with Crippen molar-refractivity contribution in [1.82, 2.24) is 0 Å². The highest BCUT2D eigenvalue weighted by Gasteiger charge is 2.19. The molecule has 0 unspecified atom stereocenters. The molecule has 1 aromatic carbocycles. The third kappa shape index (κ3) is 1.51. The molecule has 0 aliphatic rings. The van der Waals surface area contributed by atoms with Crippen molar-refractivity contribution in [2.24, 2.45) is 0 Å². The minimum atomic E-state index is -1.19. The maximum atomic E-state index is 10.8. The molecule has 1 heterocycles. The Hall–Kier alpha value is -1.68. The topological polar surface area (TPSA) is 76.5 Å². The zero-order valence-electron chi connectivity index (χ0n) is 8.58. The van der Waals surface area contributed by atoms with Crippen LogP contribution in [0.4, 0.5) is 5.69 Å². The Morgan fingerprint density at radius 2 is 2.25 bits per heavy atom. The molecule has 0 spiro atoms. The molecule has 0 fully saturated rings. The summed E-state index contributed by atoms with van der Waals surface area (Å²) >= 11 is 5.99. The molecule has 0 saturated carbocycles. The maximum absolute atomic E-state index is 10.8. The van der Waals surface area contributed by atoms with Crippen molar-refractivity contribution in [3.8, 4) is 0 Å². The van der Waals surface area contributed by atoms with Gasteiger partial charge in [-0.25, -0.2) is 4.79 Å². The van der Waals surface area contributed by atoms with Crippen molar-refractivity contribution in [2.75, 3.05) is 5.73 Å². The SMILES string of the molecule is CCc1cc(Cl)c2oc(C(=O)O)c(N)c2c1. The molecular formula is C11H10ClNO3. The van der Waals surface area contributed by atoms with Crippen LogP contribution in [0.2, 0.25) is 5.02 Å². The van der Waals surface area contributed by atoms with Crippen LogP contribution < -0.4 is 5.73 Å². The number of carboxylic acid groups (broad SMARTS) is 1. The van der Waals surface area contributed by atoms with Gasteiger partial charge in [0, 0.05) is 5.39 Å². The number of nitrogen functional groups attached to an aromatic ring is 1. The van der Waals surface area contributed by atoms with Gasteiger partial charge in [-0.1, -0.05) is 18.5 Å². The van der Waals surface area contributed by atoms with Crippen LogP contribution in [0.5, 0.6) is 0 Å². The van der Waals surface area contributed by atoms with Crippen molar-refractivity contribution >= 4 is 34.2 Å². The number of aryl methyl sites for hydroxylation is 1. The molecule has 0 radical (unpaired) electrons. The first-order chi connectivity index (χ1) is 7.54. The number of aromatic carboxylic acids is 1. The molecule has 84 valence electrons. The van der Waals surface area contributed by atoms with Crippen LogP contribution in [-0.2, 0) is 6.42 Å². The van der Waals surface area contributed by atoms with Crippen molar-refractivity contribution in [3.63, 3.8) is 0 Å². The lowest BCUT2D eigenvalue weighted by Crippen LogP contribution is -1.98. The molecule has 0 atom stereocenters. The average molecular weight is 240 g/mol. The third-order valence-corrected chi connectivity index (χ3v) is 2.73. The Balaban J connectivity index is 2.81. The molecule has 0 aliphatic carbocycles. The van der Waals surface area contributed by atoms with Gasteiger partial charge in [0.1, 0.15) is 0 Å². The number of hydrogen-bond acceptors (Lipinski definition) is 3. The van der Waals surface area contributed by atoms with Crippen molar-refractivity contribution in [1.29, 1.82) is 0 Å². The quantitative estimate of drug-likeness (QED) is 0.845. The first-order valence-corrected chi connectivity index (χ1v) is 5.16. The second-order valence-electron chi connectivity index (χ2n) is 3.46. The number of nitrogens with two attached hydrogens (primary N) is 1. The van der Waals surface area contributed by atoms with Crippen LogP contribution in [0.1, 0.15) is 23.0 Å². The number of halogens is 1. The van der Waals surface area contributed by atoms with Gasteiger partial charge in [0.15, 0.2) is 5.58 Å². The van der Waals surface area contributed by atoms with Crippen molar-refractivity contribution in [2.45, 2.75) is 13.3 Å². The van der Waals surface area contributed by atoms with E-state index in [1.165, 1.54) is 0 Å². The number of carbonyl (C=O) groups is 1.